The molecule has 0 spiro atoms. The molecule has 1 aliphatic carbocycles. The fourth-order valence-electron chi connectivity index (χ4n) is 1.93. The maximum atomic E-state index is 11.3. The lowest BCUT2D eigenvalue weighted by atomic mass is 9.99. The van der Waals surface area contributed by atoms with E-state index >= 15 is 0 Å². The molecule has 1 fully saturated rings. The van der Waals surface area contributed by atoms with Gasteiger partial charge >= 0.3 is 11.9 Å². The molecule has 0 unspecified atom stereocenters. The van der Waals surface area contributed by atoms with Gasteiger partial charge in [-0.05, 0) is 32.1 Å². The Hall–Kier alpha value is -1.32. The molecule has 0 saturated heterocycles. The van der Waals surface area contributed by atoms with Crippen LogP contribution < -0.4 is 0 Å². The number of hydrogen-bond donors (Lipinski definition) is 1. The maximum absolute atomic E-state index is 11.3. The Labute approximate surface area is 88.9 Å². The van der Waals surface area contributed by atoms with Crippen molar-refractivity contribution in [2.75, 3.05) is 0 Å². The van der Waals surface area contributed by atoms with Crippen LogP contribution in [0.1, 0.15) is 39.0 Å². The van der Waals surface area contributed by atoms with E-state index in [2.05, 4.69) is 0 Å². The van der Waals surface area contributed by atoms with Crippen LogP contribution >= 0.6 is 0 Å². The summed E-state index contributed by atoms with van der Waals surface area (Å²) in [5, 5.41) is 8.35. The van der Waals surface area contributed by atoms with Crippen LogP contribution in [0.5, 0.6) is 0 Å². The highest BCUT2D eigenvalue weighted by Crippen LogP contribution is 2.35. The number of carboxylic acids is 1. The molecule has 0 radical (unpaired) electrons. The monoisotopic (exact) mass is 212 g/mol. The highest BCUT2D eigenvalue weighted by Gasteiger charge is 2.35. The summed E-state index contributed by atoms with van der Waals surface area (Å²) in [6, 6.07) is 0. The number of carbonyl (C=O) groups excluding carboxylic acids is 1. The first kappa shape index (κ1) is 11.8. The van der Waals surface area contributed by atoms with Crippen molar-refractivity contribution in [1.29, 1.82) is 0 Å². The number of rotatable bonds is 4. The minimum atomic E-state index is -1.14. The summed E-state index contributed by atoms with van der Waals surface area (Å²) in [4.78, 5) is 21.5. The number of esters is 1. The van der Waals surface area contributed by atoms with Crippen molar-refractivity contribution >= 4 is 11.9 Å². The molecule has 0 bridgehead atoms. The summed E-state index contributed by atoms with van der Waals surface area (Å²) >= 11 is 0. The van der Waals surface area contributed by atoms with E-state index in [9.17, 15) is 9.59 Å². The summed E-state index contributed by atoms with van der Waals surface area (Å²) in [6.45, 7) is 1.99. The van der Waals surface area contributed by atoms with Crippen LogP contribution in [0.3, 0.4) is 0 Å². The summed E-state index contributed by atoms with van der Waals surface area (Å²) < 4.78 is 5.31. The fourth-order valence-corrected chi connectivity index (χ4v) is 1.93. The SMILES string of the molecule is CCC1(OC(=O)/C=C\C(=O)O)CCCC1. The first-order chi connectivity index (χ1) is 7.08. The first-order valence-electron chi connectivity index (χ1n) is 5.22. The quantitative estimate of drug-likeness (QED) is 0.571. The molecule has 1 N–H and O–H groups in total. The lowest BCUT2D eigenvalue weighted by molar-refractivity contribution is -0.153. The first-order valence-corrected chi connectivity index (χ1v) is 5.22. The summed E-state index contributed by atoms with van der Waals surface area (Å²) in [5.41, 5.74) is -0.347. The van der Waals surface area contributed by atoms with Crippen LogP contribution in [0, 0.1) is 0 Å². The summed E-state index contributed by atoms with van der Waals surface area (Å²) in [5.74, 6) is -1.69. The van der Waals surface area contributed by atoms with E-state index in [4.69, 9.17) is 9.84 Å². The second-order valence-corrected chi connectivity index (χ2v) is 3.84. The highest BCUT2D eigenvalue weighted by molar-refractivity contribution is 5.90. The minimum Gasteiger partial charge on any atom is -0.478 e. The third kappa shape index (κ3) is 3.38. The van der Waals surface area contributed by atoms with Gasteiger partial charge in [0, 0.05) is 12.2 Å². The second kappa shape index (κ2) is 4.96. The largest absolute Gasteiger partial charge is 0.478 e. The number of carboxylic acid groups (broad SMARTS) is 1. The molecule has 0 aromatic rings. The van der Waals surface area contributed by atoms with Crippen LogP contribution in [-0.4, -0.2) is 22.6 Å². The molecule has 1 saturated carbocycles. The van der Waals surface area contributed by atoms with E-state index in [0.717, 1.165) is 44.3 Å². The molecule has 1 rings (SSSR count). The van der Waals surface area contributed by atoms with E-state index in [0.29, 0.717) is 0 Å². The van der Waals surface area contributed by atoms with Crippen molar-refractivity contribution in [3.05, 3.63) is 12.2 Å². The second-order valence-electron chi connectivity index (χ2n) is 3.84. The standard InChI is InChI=1S/C11H16O4/c1-2-11(7-3-4-8-11)15-10(14)6-5-9(12)13/h5-6H,2-4,7-8H2,1H3,(H,12,13)/b6-5-. The molecule has 0 amide bonds. The van der Waals surface area contributed by atoms with Gasteiger partial charge < -0.3 is 9.84 Å². The van der Waals surface area contributed by atoms with Crippen molar-refractivity contribution in [2.45, 2.75) is 44.6 Å². The van der Waals surface area contributed by atoms with Gasteiger partial charge in [0.15, 0.2) is 0 Å². The van der Waals surface area contributed by atoms with Gasteiger partial charge in [-0.2, -0.15) is 0 Å². The lowest BCUT2D eigenvalue weighted by Crippen LogP contribution is -2.30. The van der Waals surface area contributed by atoms with Gasteiger partial charge in [0.1, 0.15) is 5.60 Å². The molecule has 1 aliphatic rings. The Morgan fingerprint density at radius 2 is 1.93 bits per heavy atom. The van der Waals surface area contributed by atoms with Gasteiger partial charge in [0.2, 0.25) is 0 Å². The highest BCUT2D eigenvalue weighted by atomic mass is 16.6. The average molecular weight is 212 g/mol. The molecule has 0 heterocycles. The normalized spacial score (nSPS) is 19.3. The third-order valence-electron chi connectivity index (χ3n) is 2.84. The molecule has 4 heteroatoms. The molecule has 0 atom stereocenters. The molecule has 15 heavy (non-hydrogen) atoms. The molecule has 84 valence electrons. The van der Waals surface area contributed by atoms with Crippen molar-refractivity contribution in [1.82, 2.24) is 0 Å². The average Bonchev–Trinajstić information content (AvgIpc) is 2.64. The maximum Gasteiger partial charge on any atom is 0.331 e. The predicted octanol–water partition coefficient (Wildman–Crippen LogP) is 1.89. The number of hydrogen-bond acceptors (Lipinski definition) is 3. The van der Waals surface area contributed by atoms with Gasteiger partial charge in [0.25, 0.3) is 0 Å². The van der Waals surface area contributed by atoms with E-state index in [1.807, 2.05) is 6.92 Å². The van der Waals surface area contributed by atoms with Gasteiger partial charge in [-0.15, -0.1) is 0 Å². The van der Waals surface area contributed by atoms with Crippen LogP contribution in [0.25, 0.3) is 0 Å². The Kier molecular flexibility index (Phi) is 3.88. The number of aliphatic carboxylic acids is 1. The van der Waals surface area contributed by atoms with Gasteiger partial charge in [0.05, 0.1) is 0 Å². The zero-order valence-electron chi connectivity index (χ0n) is 8.86. The number of carbonyl (C=O) groups is 2. The minimum absolute atomic E-state index is 0.347. The van der Waals surface area contributed by atoms with Crippen LogP contribution in [0.2, 0.25) is 0 Å². The van der Waals surface area contributed by atoms with Gasteiger partial charge in [-0.1, -0.05) is 6.92 Å². The predicted molar refractivity (Wildman–Crippen MR) is 54.4 cm³/mol. The van der Waals surface area contributed by atoms with E-state index in [1.165, 1.54) is 0 Å². The van der Waals surface area contributed by atoms with E-state index in [-0.39, 0.29) is 5.60 Å². The van der Waals surface area contributed by atoms with E-state index in [1.54, 1.807) is 0 Å². The zero-order chi connectivity index (χ0) is 11.3. The third-order valence-corrected chi connectivity index (χ3v) is 2.84. The Balaban J connectivity index is 2.52. The van der Waals surface area contributed by atoms with Crippen molar-refractivity contribution < 1.29 is 19.4 Å². The lowest BCUT2D eigenvalue weighted by Gasteiger charge is -2.26. The fraction of sp³-hybridized carbons (Fsp3) is 0.636. The molecule has 0 aromatic heterocycles. The molecular weight excluding hydrogens is 196 g/mol. The Bertz CT molecular complexity index is 274. The van der Waals surface area contributed by atoms with Crippen molar-refractivity contribution in [2.24, 2.45) is 0 Å². The summed E-state index contributed by atoms with van der Waals surface area (Å²) in [7, 11) is 0. The van der Waals surface area contributed by atoms with E-state index < -0.39 is 11.9 Å². The van der Waals surface area contributed by atoms with Crippen LogP contribution in [0.15, 0.2) is 12.2 Å². The molecule has 0 aliphatic heterocycles. The van der Waals surface area contributed by atoms with Crippen molar-refractivity contribution in [3.8, 4) is 0 Å². The Morgan fingerprint density at radius 1 is 1.33 bits per heavy atom. The topological polar surface area (TPSA) is 63.6 Å². The molecular formula is C11H16O4. The zero-order valence-corrected chi connectivity index (χ0v) is 8.86. The van der Waals surface area contributed by atoms with Crippen LogP contribution in [-0.2, 0) is 14.3 Å². The summed E-state index contributed by atoms with van der Waals surface area (Å²) in [6.07, 6.45) is 6.48. The molecule has 0 aromatic carbocycles. The van der Waals surface area contributed by atoms with Gasteiger partial charge in [-0.25, -0.2) is 9.59 Å². The smallest absolute Gasteiger partial charge is 0.331 e. The number of ether oxygens (including phenoxy) is 1. The van der Waals surface area contributed by atoms with Crippen molar-refractivity contribution in [3.63, 3.8) is 0 Å². The van der Waals surface area contributed by atoms with Gasteiger partial charge in [-0.3, -0.25) is 0 Å². The van der Waals surface area contributed by atoms with Crippen LogP contribution in [0.4, 0.5) is 0 Å². The Morgan fingerprint density at radius 3 is 2.40 bits per heavy atom. The molecule has 4 nitrogen and oxygen atoms in total.